The van der Waals surface area contributed by atoms with E-state index < -0.39 is 0 Å². The minimum Gasteiger partial charge on any atom is -0.102 e. The van der Waals surface area contributed by atoms with Gasteiger partial charge in [-0.05, 0) is 24.0 Å². The van der Waals surface area contributed by atoms with Crippen LogP contribution in [0.5, 0.6) is 0 Å². The van der Waals surface area contributed by atoms with Gasteiger partial charge in [0.05, 0.1) is 0 Å². The van der Waals surface area contributed by atoms with E-state index in [1.165, 1.54) is 11.1 Å². The second-order valence-corrected chi connectivity index (χ2v) is 4.25. The van der Waals surface area contributed by atoms with Crippen molar-refractivity contribution in [1.82, 2.24) is 0 Å². The Morgan fingerprint density at radius 2 is 2.12 bits per heavy atom. The van der Waals surface area contributed by atoms with Gasteiger partial charge in [0.2, 0.25) is 0 Å². The zero-order valence-electron chi connectivity index (χ0n) is 9.82. The van der Waals surface area contributed by atoms with E-state index in [0.29, 0.717) is 0 Å². The molecule has 0 saturated carbocycles. The van der Waals surface area contributed by atoms with Crippen LogP contribution in [-0.4, -0.2) is 0 Å². The van der Waals surface area contributed by atoms with Crippen LogP contribution in [0.4, 0.5) is 0 Å². The van der Waals surface area contributed by atoms with Gasteiger partial charge >= 0.3 is 0 Å². The van der Waals surface area contributed by atoms with E-state index in [1.807, 2.05) is 0 Å². The molecule has 0 heterocycles. The lowest BCUT2D eigenvalue weighted by Gasteiger charge is -2.30. The molecule has 1 aromatic carbocycles. The summed E-state index contributed by atoms with van der Waals surface area (Å²) in [6, 6.07) is 8.67. The van der Waals surface area contributed by atoms with Crippen molar-refractivity contribution in [3.8, 4) is 0 Å². The van der Waals surface area contributed by atoms with Gasteiger partial charge in [0.1, 0.15) is 0 Å². The van der Waals surface area contributed by atoms with Crippen LogP contribution in [0, 0.1) is 0 Å². The van der Waals surface area contributed by atoms with Crippen LogP contribution in [0.25, 0.3) is 0 Å². The normalized spacial score (nSPS) is 23.3. The lowest BCUT2D eigenvalue weighted by atomic mass is 9.73. The van der Waals surface area contributed by atoms with Crippen molar-refractivity contribution < 1.29 is 0 Å². The lowest BCUT2D eigenvalue weighted by molar-refractivity contribution is 0.667. The summed E-state index contributed by atoms with van der Waals surface area (Å²) < 4.78 is 0. The third kappa shape index (κ3) is 1.76. The first-order valence-electron chi connectivity index (χ1n) is 5.89. The maximum Gasteiger partial charge on any atom is 0.0349 e. The van der Waals surface area contributed by atoms with E-state index >= 15 is 0 Å². The molecule has 0 saturated heterocycles. The summed E-state index contributed by atoms with van der Waals surface area (Å²) >= 11 is 0. The highest BCUT2D eigenvalue weighted by molar-refractivity contribution is 5.45. The third-order valence-electron chi connectivity index (χ3n) is 3.36. The monoisotopic (exact) mass is 210 g/mol. The number of allylic oxidation sites excluding steroid dienone is 5. The zero-order chi connectivity index (χ0) is 11.4. The molecule has 0 amide bonds. The van der Waals surface area contributed by atoms with Gasteiger partial charge < -0.3 is 0 Å². The van der Waals surface area contributed by atoms with Gasteiger partial charge in [0.15, 0.2) is 0 Å². The quantitative estimate of drug-likeness (QED) is 0.656. The van der Waals surface area contributed by atoms with Gasteiger partial charge in [-0.15, -0.1) is 6.58 Å². The van der Waals surface area contributed by atoms with Gasteiger partial charge in [0, 0.05) is 5.41 Å². The van der Waals surface area contributed by atoms with E-state index in [2.05, 4.69) is 68.1 Å². The second-order valence-electron chi connectivity index (χ2n) is 4.25. The van der Waals surface area contributed by atoms with Crippen molar-refractivity contribution in [3.63, 3.8) is 0 Å². The smallest absolute Gasteiger partial charge is 0.0349 e. The summed E-state index contributed by atoms with van der Waals surface area (Å²) in [6.45, 7) is 6.23. The fourth-order valence-corrected chi connectivity index (χ4v) is 2.38. The van der Waals surface area contributed by atoms with Crippen molar-refractivity contribution in [2.45, 2.75) is 25.2 Å². The molecule has 82 valence electrons. The molecule has 1 atom stereocenters. The molecular formula is C16H18. The Hall–Kier alpha value is -1.56. The number of rotatable bonds is 3. The van der Waals surface area contributed by atoms with Gasteiger partial charge in [-0.25, -0.2) is 0 Å². The first-order chi connectivity index (χ1) is 7.82. The highest BCUT2D eigenvalue weighted by Gasteiger charge is 2.27. The Labute approximate surface area is 98.0 Å². The minimum absolute atomic E-state index is 0.00134. The topological polar surface area (TPSA) is 0 Å². The van der Waals surface area contributed by atoms with E-state index in [0.717, 1.165) is 12.8 Å². The van der Waals surface area contributed by atoms with Gasteiger partial charge in [-0.1, -0.05) is 61.6 Å². The molecule has 1 aromatic rings. The molecule has 0 fully saturated rings. The number of aryl methyl sites for hydroxylation is 1. The fraction of sp³-hybridized carbons (Fsp3) is 0.250. The average Bonchev–Trinajstić information content (AvgIpc) is 2.39. The van der Waals surface area contributed by atoms with E-state index in [4.69, 9.17) is 0 Å². The highest BCUT2D eigenvalue weighted by atomic mass is 14.3. The fourth-order valence-electron chi connectivity index (χ4n) is 2.38. The summed E-state index contributed by atoms with van der Waals surface area (Å²) in [6.07, 6.45) is 12.9. The molecule has 0 aromatic heterocycles. The molecule has 16 heavy (non-hydrogen) atoms. The first kappa shape index (κ1) is 10.9. The zero-order valence-corrected chi connectivity index (χ0v) is 9.82. The van der Waals surface area contributed by atoms with Gasteiger partial charge in [-0.3, -0.25) is 0 Å². The molecule has 0 radical (unpaired) electrons. The maximum atomic E-state index is 4.02. The molecule has 0 bridgehead atoms. The Morgan fingerprint density at radius 3 is 2.75 bits per heavy atom. The van der Waals surface area contributed by atoms with E-state index in [-0.39, 0.29) is 5.41 Å². The van der Waals surface area contributed by atoms with Gasteiger partial charge in [0.25, 0.3) is 0 Å². The third-order valence-corrected chi connectivity index (χ3v) is 3.36. The molecule has 0 N–H and O–H groups in total. The van der Waals surface area contributed by atoms with Crippen LogP contribution in [0.2, 0.25) is 0 Å². The molecule has 1 unspecified atom stereocenters. The highest BCUT2D eigenvalue weighted by Crippen LogP contribution is 2.35. The molecule has 1 aliphatic carbocycles. The van der Waals surface area contributed by atoms with Crippen molar-refractivity contribution >= 4 is 0 Å². The maximum absolute atomic E-state index is 4.02. The predicted octanol–water partition coefficient (Wildman–Crippen LogP) is 4.19. The molecule has 0 heteroatoms. The van der Waals surface area contributed by atoms with Crippen LogP contribution in [0.3, 0.4) is 0 Å². The second kappa shape index (κ2) is 4.52. The molecule has 2 rings (SSSR count). The lowest BCUT2D eigenvalue weighted by Crippen LogP contribution is -2.22. The van der Waals surface area contributed by atoms with E-state index in [9.17, 15) is 0 Å². The number of benzene rings is 1. The summed E-state index contributed by atoms with van der Waals surface area (Å²) in [5, 5.41) is 0. The molecule has 0 nitrogen and oxygen atoms in total. The number of hydrogen-bond donors (Lipinski definition) is 0. The van der Waals surface area contributed by atoms with Crippen molar-refractivity contribution in [1.29, 1.82) is 0 Å². The molecule has 1 aliphatic rings. The minimum atomic E-state index is 0.00134. The average molecular weight is 210 g/mol. The Bertz CT molecular complexity index is 437. The number of hydrogen-bond acceptors (Lipinski definition) is 0. The summed E-state index contributed by atoms with van der Waals surface area (Å²) in [5.74, 6) is 0. The predicted molar refractivity (Wildman–Crippen MR) is 70.6 cm³/mol. The standard InChI is InChI=1S/C16H18/c1-3-14-10-6-7-11-15(14)16(4-2)12-8-5-9-13-16/h4-12H,2-3,13H2,1H3. The molecule has 0 aliphatic heterocycles. The molecule has 0 spiro atoms. The van der Waals surface area contributed by atoms with Gasteiger partial charge in [-0.2, -0.15) is 0 Å². The van der Waals surface area contributed by atoms with Crippen molar-refractivity contribution in [3.05, 3.63) is 72.4 Å². The summed E-state index contributed by atoms with van der Waals surface area (Å²) in [5.41, 5.74) is 2.82. The Morgan fingerprint density at radius 1 is 1.31 bits per heavy atom. The Kier molecular flexibility index (Phi) is 3.09. The van der Waals surface area contributed by atoms with Crippen LogP contribution < -0.4 is 0 Å². The van der Waals surface area contributed by atoms with Crippen LogP contribution in [0.15, 0.2) is 61.2 Å². The summed E-state index contributed by atoms with van der Waals surface area (Å²) in [4.78, 5) is 0. The van der Waals surface area contributed by atoms with Crippen LogP contribution in [-0.2, 0) is 11.8 Å². The summed E-state index contributed by atoms with van der Waals surface area (Å²) in [7, 11) is 0. The Balaban J connectivity index is 2.52. The molecular weight excluding hydrogens is 192 g/mol. The largest absolute Gasteiger partial charge is 0.102 e. The van der Waals surface area contributed by atoms with E-state index in [1.54, 1.807) is 0 Å². The van der Waals surface area contributed by atoms with Crippen LogP contribution in [0.1, 0.15) is 24.5 Å². The van der Waals surface area contributed by atoms with Crippen LogP contribution >= 0.6 is 0 Å². The van der Waals surface area contributed by atoms with Crippen molar-refractivity contribution in [2.75, 3.05) is 0 Å². The van der Waals surface area contributed by atoms with Crippen molar-refractivity contribution in [2.24, 2.45) is 0 Å². The SMILES string of the molecule is C=CC1(c2ccccc2CC)C=CC=CC1. The first-order valence-corrected chi connectivity index (χ1v) is 5.89.